The Hall–Kier alpha value is -1.78. The number of nitrogens with one attached hydrogen (secondary N) is 3. The molecule has 0 bridgehead atoms. The normalized spacial score (nSPS) is 21.6. The van der Waals surface area contributed by atoms with E-state index < -0.39 is 0 Å². The molecule has 1 aliphatic rings. The Bertz CT molecular complexity index is 484. The Morgan fingerprint density at radius 2 is 1.59 bits per heavy atom. The average Bonchev–Trinajstić information content (AvgIpc) is 2.61. The van der Waals surface area contributed by atoms with E-state index in [2.05, 4.69) is 34.2 Å². The number of aromatic nitrogens is 2. The zero-order valence-corrected chi connectivity index (χ0v) is 13.2. The molecule has 2 aromatic rings. The summed E-state index contributed by atoms with van der Waals surface area (Å²) < 4.78 is 0. The fourth-order valence-electron chi connectivity index (χ4n) is 3.21. The number of nitrogens with zero attached hydrogens (tertiary/aromatic N) is 1. The van der Waals surface area contributed by atoms with Crippen LogP contribution in [0.15, 0.2) is 48.8 Å². The summed E-state index contributed by atoms with van der Waals surface area (Å²) in [5.74, 6) is 0. The standard InChI is InChI=1S/C18H24N4/c1-3-9-19-17(5-1)7-11-21-13-15-22(16-14-21)12-8-18-6-2-4-10-20-18/h1-6,9-10H,7-8,11-16H2/p+3. The first kappa shape index (κ1) is 15.1. The molecule has 3 rings (SSSR count). The topological polar surface area (TPSA) is 35.9 Å². The molecule has 4 heteroatoms. The maximum absolute atomic E-state index is 4.42. The van der Waals surface area contributed by atoms with E-state index in [1.54, 1.807) is 9.80 Å². The highest BCUT2D eigenvalue weighted by atomic mass is 15.3. The van der Waals surface area contributed by atoms with Crippen LogP contribution in [0.1, 0.15) is 11.4 Å². The van der Waals surface area contributed by atoms with Crippen LogP contribution in [-0.2, 0) is 12.8 Å². The fourth-order valence-corrected chi connectivity index (χ4v) is 3.21. The predicted octanol–water partition coefficient (Wildman–Crippen LogP) is -1.54. The summed E-state index contributed by atoms with van der Waals surface area (Å²) in [6.45, 7) is 7.64. The second-order valence-electron chi connectivity index (χ2n) is 6.21. The molecule has 2 aromatic heterocycles. The second-order valence-corrected chi connectivity index (χ2v) is 6.21. The van der Waals surface area contributed by atoms with Crippen molar-refractivity contribution in [3.05, 3.63) is 60.2 Å². The molecule has 0 atom stereocenters. The molecule has 22 heavy (non-hydrogen) atoms. The van der Waals surface area contributed by atoms with E-state index >= 15 is 0 Å². The summed E-state index contributed by atoms with van der Waals surface area (Å²) in [4.78, 5) is 11.2. The van der Waals surface area contributed by atoms with Gasteiger partial charge in [-0.1, -0.05) is 12.1 Å². The van der Waals surface area contributed by atoms with Gasteiger partial charge < -0.3 is 9.80 Å². The highest BCUT2D eigenvalue weighted by Gasteiger charge is 2.22. The molecule has 0 radical (unpaired) electrons. The minimum absolute atomic E-state index is 1.10. The van der Waals surface area contributed by atoms with Crippen molar-refractivity contribution < 1.29 is 14.8 Å². The summed E-state index contributed by atoms with van der Waals surface area (Å²) >= 11 is 0. The van der Waals surface area contributed by atoms with Crippen LogP contribution in [0, 0.1) is 0 Å². The lowest BCUT2D eigenvalue weighted by molar-refractivity contribution is -1.01. The highest BCUT2D eigenvalue weighted by molar-refractivity contribution is 5.03. The molecule has 116 valence electrons. The number of aromatic amines is 1. The van der Waals surface area contributed by atoms with E-state index in [0.717, 1.165) is 12.8 Å². The molecule has 4 nitrogen and oxygen atoms in total. The number of hydrogen-bond acceptors (Lipinski definition) is 1. The smallest absolute Gasteiger partial charge is 0.185 e. The molecular weight excluding hydrogens is 272 g/mol. The van der Waals surface area contributed by atoms with Gasteiger partial charge in [0.05, 0.1) is 19.5 Å². The third-order valence-electron chi connectivity index (χ3n) is 4.65. The van der Waals surface area contributed by atoms with Crippen molar-refractivity contribution in [2.45, 2.75) is 12.8 Å². The van der Waals surface area contributed by atoms with Gasteiger partial charge in [0.2, 0.25) is 0 Å². The summed E-state index contributed by atoms with van der Waals surface area (Å²) in [7, 11) is 0. The van der Waals surface area contributed by atoms with Gasteiger partial charge in [-0.3, -0.25) is 4.98 Å². The molecule has 0 amide bonds. The lowest BCUT2D eigenvalue weighted by Gasteiger charge is -2.29. The Balaban J connectivity index is 1.35. The van der Waals surface area contributed by atoms with E-state index in [-0.39, 0.29) is 0 Å². The maximum atomic E-state index is 4.42. The predicted molar refractivity (Wildman–Crippen MR) is 85.8 cm³/mol. The fraction of sp³-hybridized carbons (Fsp3) is 0.444. The van der Waals surface area contributed by atoms with Gasteiger partial charge in [-0.15, -0.1) is 0 Å². The highest BCUT2D eigenvalue weighted by Crippen LogP contribution is 1.92. The minimum Gasteiger partial charge on any atom is -0.325 e. The van der Waals surface area contributed by atoms with Gasteiger partial charge >= 0.3 is 0 Å². The molecule has 0 aromatic carbocycles. The van der Waals surface area contributed by atoms with E-state index in [0.29, 0.717) is 0 Å². The van der Waals surface area contributed by atoms with Crippen molar-refractivity contribution in [2.75, 3.05) is 39.3 Å². The number of pyridine rings is 2. The first-order valence-electron chi connectivity index (χ1n) is 8.43. The van der Waals surface area contributed by atoms with Crippen molar-refractivity contribution in [3.8, 4) is 0 Å². The van der Waals surface area contributed by atoms with Crippen molar-refractivity contribution in [3.63, 3.8) is 0 Å². The molecule has 1 aliphatic heterocycles. The molecule has 0 saturated carbocycles. The number of H-pyrrole nitrogens is 1. The van der Waals surface area contributed by atoms with Crippen LogP contribution in [0.5, 0.6) is 0 Å². The van der Waals surface area contributed by atoms with E-state index in [9.17, 15) is 0 Å². The second kappa shape index (κ2) is 8.01. The van der Waals surface area contributed by atoms with Crippen LogP contribution in [0.25, 0.3) is 0 Å². The summed E-state index contributed by atoms with van der Waals surface area (Å²) in [6, 6.07) is 12.6. The lowest BCUT2D eigenvalue weighted by atomic mass is 10.2. The van der Waals surface area contributed by atoms with Gasteiger partial charge in [-0.25, -0.2) is 4.98 Å². The van der Waals surface area contributed by atoms with Crippen molar-refractivity contribution in [2.24, 2.45) is 0 Å². The average molecular weight is 299 g/mol. The Kier molecular flexibility index (Phi) is 5.51. The summed E-state index contributed by atoms with van der Waals surface area (Å²) in [5, 5.41) is 0. The largest absolute Gasteiger partial charge is 0.325 e. The third kappa shape index (κ3) is 4.61. The van der Waals surface area contributed by atoms with Crippen LogP contribution in [0.3, 0.4) is 0 Å². The van der Waals surface area contributed by atoms with Crippen LogP contribution >= 0.6 is 0 Å². The molecule has 1 saturated heterocycles. The van der Waals surface area contributed by atoms with Gasteiger partial charge in [0.1, 0.15) is 26.2 Å². The van der Waals surface area contributed by atoms with Crippen LogP contribution in [0.2, 0.25) is 0 Å². The van der Waals surface area contributed by atoms with E-state index in [1.807, 2.05) is 24.5 Å². The van der Waals surface area contributed by atoms with Crippen LogP contribution < -0.4 is 14.8 Å². The Labute approximate surface area is 132 Å². The summed E-state index contributed by atoms with van der Waals surface area (Å²) in [5.41, 5.74) is 2.57. The first-order valence-corrected chi connectivity index (χ1v) is 8.43. The van der Waals surface area contributed by atoms with Crippen molar-refractivity contribution in [1.29, 1.82) is 0 Å². The van der Waals surface area contributed by atoms with Gasteiger partial charge in [0.15, 0.2) is 11.9 Å². The zero-order valence-electron chi connectivity index (χ0n) is 13.2. The third-order valence-corrected chi connectivity index (χ3v) is 4.65. The monoisotopic (exact) mass is 299 g/mol. The van der Waals surface area contributed by atoms with Gasteiger partial charge in [0, 0.05) is 30.4 Å². The van der Waals surface area contributed by atoms with E-state index in [1.165, 1.54) is 50.7 Å². The van der Waals surface area contributed by atoms with Crippen LogP contribution in [0.4, 0.5) is 0 Å². The summed E-state index contributed by atoms with van der Waals surface area (Å²) in [6.07, 6.45) is 6.17. The molecule has 0 aliphatic carbocycles. The lowest BCUT2D eigenvalue weighted by Crippen LogP contribution is -3.28. The SMILES string of the molecule is c1ccc(CC[NH+]2CC[NH+](CCc3cccc[nH+]3)CC2)nc1. The first-order chi connectivity index (χ1) is 10.9. The maximum Gasteiger partial charge on any atom is 0.185 e. The Morgan fingerprint density at radius 3 is 2.23 bits per heavy atom. The molecule has 3 heterocycles. The van der Waals surface area contributed by atoms with Crippen molar-refractivity contribution in [1.82, 2.24) is 4.98 Å². The Morgan fingerprint density at radius 1 is 0.864 bits per heavy atom. The molecule has 1 fully saturated rings. The molecule has 0 unspecified atom stereocenters. The number of hydrogen-bond donors (Lipinski definition) is 2. The number of piperazine rings is 1. The van der Waals surface area contributed by atoms with Gasteiger partial charge in [-0.05, 0) is 12.1 Å². The van der Waals surface area contributed by atoms with E-state index in [4.69, 9.17) is 0 Å². The number of rotatable bonds is 6. The molecule has 0 spiro atoms. The minimum atomic E-state index is 1.10. The zero-order chi connectivity index (χ0) is 15.0. The van der Waals surface area contributed by atoms with Crippen LogP contribution in [-0.4, -0.2) is 44.3 Å². The molecular formula is C18H27N4+3. The number of quaternary nitrogens is 2. The van der Waals surface area contributed by atoms with Gasteiger partial charge in [0.25, 0.3) is 0 Å². The van der Waals surface area contributed by atoms with Gasteiger partial charge in [-0.2, -0.15) is 0 Å². The molecule has 3 N–H and O–H groups in total. The van der Waals surface area contributed by atoms with Crippen molar-refractivity contribution >= 4 is 0 Å². The quantitative estimate of drug-likeness (QED) is 0.667.